The number of hydrogen-bond acceptors (Lipinski definition) is 8. The summed E-state index contributed by atoms with van der Waals surface area (Å²) in [6.07, 6.45) is -6.90. The van der Waals surface area contributed by atoms with Crippen LogP contribution in [0.3, 0.4) is 0 Å². The number of ether oxygens (including phenoxy) is 2. The molecule has 1 fully saturated rings. The molecule has 5 rings (SSSR count). The normalized spacial score (nSPS) is 23.1. The molecule has 3 aromatic carbocycles. The van der Waals surface area contributed by atoms with Crippen LogP contribution >= 0.6 is 0 Å². The summed E-state index contributed by atoms with van der Waals surface area (Å²) in [5.41, 5.74) is -1.11. The number of aliphatic hydroxyl groups is 4. The van der Waals surface area contributed by atoms with Gasteiger partial charge >= 0.3 is 5.69 Å². The maximum atomic E-state index is 14.5. The Morgan fingerprint density at radius 3 is 1.95 bits per heavy atom. The minimum Gasteiger partial charge on any atom is -0.496 e. The Hall–Kier alpha value is -4.06. The molecule has 1 aliphatic rings. The molecule has 0 bridgehead atoms. The van der Waals surface area contributed by atoms with Gasteiger partial charge in [0.1, 0.15) is 35.7 Å². The fourth-order valence-electron chi connectivity index (χ4n) is 5.47. The second-order valence-corrected chi connectivity index (χ2v) is 9.54. The van der Waals surface area contributed by atoms with Gasteiger partial charge in [-0.2, -0.15) is 0 Å². The van der Waals surface area contributed by atoms with Crippen molar-refractivity contribution in [3.05, 3.63) is 135 Å². The first kappa shape index (κ1) is 27.5. The molecule has 0 aliphatic carbocycles. The topological polar surface area (TPSA) is 143 Å². The van der Waals surface area contributed by atoms with Crippen LogP contribution in [0.25, 0.3) is 0 Å². The SMILES string of the molecule is COc1ccccc1C(c1ccccc1)(c1ccccc1)n1ccc(=O)n([C@@H]2O[C@H](CO)[C@@H](O)[C@H](O)[C@H]2O)c1=O. The lowest BCUT2D eigenvalue weighted by atomic mass is 9.76. The van der Waals surface area contributed by atoms with E-state index in [-0.39, 0.29) is 0 Å². The van der Waals surface area contributed by atoms with E-state index >= 15 is 0 Å². The Morgan fingerprint density at radius 1 is 0.800 bits per heavy atom. The van der Waals surface area contributed by atoms with Crippen molar-refractivity contribution in [2.24, 2.45) is 0 Å². The highest BCUT2D eigenvalue weighted by atomic mass is 16.6. The van der Waals surface area contributed by atoms with Crippen LogP contribution in [0, 0.1) is 0 Å². The van der Waals surface area contributed by atoms with Crippen LogP contribution in [-0.2, 0) is 10.3 Å². The Bertz CT molecular complexity index is 1530. The van der Waals surface area contributed by atoms with Crippen LogP contribution in [0.2, 0.25) is 0 Å². The third-order valence-corrected chi connectivity index (χ3v) is 7.38. The first-order chi connectivity index (χ1) is 19.4. The molecule has 208 valence electrons. The molecule has 10 nitrogen and oxygen atoms in total. The van der Waals surface area contributed by atoms with E-state index in [0.717, 1.165) is 0 Å². The van der Waals surface area contributed by atoms with E-state index in [4.69, 9.17) is 9.47 Å². The molecule has 4 N–H and O–H groups in total. The van der Waals surface area contributed by atoms with E-state index in [2.05, 4.69) is 0 Å². The summed E-state index contributed by atoms with van der Waals surface area (Å²) in [6, 6.07) is 26.8. The van der Waals surface area contributed by atoms with E-state index in [0.29, 0.717) is 27.0 Å². The second-order valence-electron chi connectivity index (χ2n) is 9.54. The van der Waals surface area contributed by atoms with Gasteiger partial charge in [-0.05, 0) is 17.2 Å². The van der Waals surface area contributed by atoms with Gasteiger partial charge in [0, 0.05) is 17.8 Å². The first-order valence-corrected chi connectivity index (χ1v) is 12.8. The molecule has 2 heterocycles. The van der Waals surface area contributed by atoms with Crippen molar-refractivity contribution in [1.29, 1.82) is 0 Å². The van der Waals surface area contributed by atoms with Gasteiger partial charge in [0.15, 0.2) is 6.23 Å². The molecule has 0 saturated carbocycles. The van der Waals surface area contributed by atoms with Crippen molar-refractivity contribution in [1.82, 2.24) is 9.13 Å². The highest BCUT2D eigenvalue weighted by Crippen LogP contribution is 2.43. The summed E-state index contributed by atoms with van der Waals surface area (Å²) >= 11 is 0. The number of rotatable bonds is 7. The van der Waals surface area contributed by atoms with Gasteiger partial charge in [0.25, 0.3) is 5.56 Å². The average molecular weight is 547 g/mol. The molecule has 0 spiro atoms. The van der Waals surface area contributed by atoms with Gasteiger partial charge in [-0.25, -0.2) is 9.36 Å². The molecule has 0 radical (unpaired) electrons. The van der Waals surface area contributed by atoms with E-state index < -0.39 is 54.0 Å². The highest BCUT2D eigenvalue weighted by Gasteiger charge is 2.47. The summed E-state index contributed by atoms with van der Waals surface area (Å²) in [4.78, 5) is 27.7. The van der Waals surface area contributed by atoms with Crippen molar-refractivity contribution in [3.63, 3.8) is 0 Å². The molecule has 10 heteroatoms. The zero-order chi connectivity index (χ0) is 28.4. The number of methoxy groups -OCH3 is 1. The molecule has 4 aromatic rings. The lowest BCUT2D eigenvalue weighted by molar-refractivity contribution is -0.253. The van der Waals surface area contributed by atoms with Crippen molar-refractivity contribution in [2.45, 2.75) is 36.2 Å². The average Bonchev–Trinajstić information content (AvgIpc) is 2.99. The van der Waals surface area contributed by atoms with Crippen LogP contribution in [-0.4, -0.2) is 67.7 Å². The maximum absolute atomic E-state index is 14.5. The molecule has 1 aromatic heterocycles. The molecule has 1 saturated heterocycles. The van der Waals surface area contributed by atoms with Crippen molar-refractivity contribution >= 4 is 0 Å². The van der Waals surface area contributed by atoms with Gasteiger partial charge in [0.05, 0.1) is 13.7 Å². The third-order valence-electron chi connectivity index (χ3n) is 7.38. The number of hydrogen-bond donors (Lipinski definition) is 4. The smallest absolute Gasteiger partial charge is 0.334 e. The lowest BCUT2D eigenvalue weighted by Crippen LogP contribution is -2.60. The van der Waals surface area contributed by atoms with Crippen LogP contribution < -0.4 is 16.0 Å². The third kappa shape index (κ3) is 4.36. The molecule has 40 heavy (non-hydrogen) atoms. The van der Waals surface area contributed by atoms with Crippen molar-refractivity contribution < 1.29 is 29.9 Å². The Labute approximate surface area is 229 Å². The second kappa shape index (κ2) is 11.2. The molecular weight excluding hydrogens is 516 g/mol. The van der Waals surface area contributed by atoms with Crippen LogP contribution in [0.15, 0.2) is 107 Å². The van der Waals surface area contributed by atoms with Gasteiger partial charge in [-0.3, -0.25) is 9.36 Å². The summed E-state index contributed by atoms with van der Waals surface area (Å²) in [7, 11) is 1.53. The number of aliphatic hydroxyl groups excluding tert-OH is 4. The van der Waals surface area contributed by atoms with Crippen molar-refractivity contribution in [3.8, 4) is 5.75 Å². The zero-order valence-corrected chi connectivity index (χ0v) is 21.6. The Morgan fingerprint density at radius 2 is 1.38 bits per heavy atom. The maximum Gasteiger partial charge on any atom is 0.334 e. The van der Waals surface area contributed by atoms with E-state index in [1.54, 1.807) is 12.1 Å². The summed E-state index contributed by atoms with van der Waals surface area (Å²) in [5.74, 6) is 0.479. The zero-order valence-electron chi connectivity index (χ0n) is 21.6. The van der Waals surface area contributed by atoms with Gasteiger partial charge < -0.3 is 29.9 Å². The first-order valence-electron chi connectivity index (χ1n) is 12.8. The van der Waals surface area contributed by atoms with Gasteiger partial charge in [0.2, 0.25) is 0 Å². The van der Waals surface area contributed by atoms with Crippen LogP contribution in [0.5, 0.6) is 5.75 Å². The summed E-state index contributed by atoms with van der Waals surface area (Å²) < 4.78 is 13.4. The predicted octanol–water partition coefficient (Wildman–Crippen LogP) is 0.831. The minimum atomic E-state index is -1.84. The lowest BCUT2D eigenvalue weighted by Gasteiger charge is -2.41. The van der Waals surface area contributed by atoms with Crippen LogP contribution in [0.4, 0.5) is 0 Å². The molecule has 0 amide bonds. The quantitative estimate of drug-likeness (QED) is 0.250. The Balaban J connectivity index is 1.88. The molecular formula is C30H30N2O8. The van der Waals surface area contributed by atoms with Crippen molar-refractivity contribution in [2.75, 3.05) is 13.7 Å². The predicted molar refractivity (Wildman–Crippen MR) is 145 cm³/mol. The van der Waals surface area contributed by atoms with E-state index in [1.165, 1.54) is 23.9 Å². The highest BCUT2D eigenvalue weighted by molar-refractivity contribution is 5.55. The Kier molecular flexibility index (Phi) is 7.70. The number of aromatic nitrogens is 2. The number of benzene rings is 3. The number of nitrogens with zero attached hydrogens (tertiary/aromatic N) is 2. The molecule has 0 unspecified atom stereocenters. The monoisotopic (exact) mass is 546 g/mol. The molecule has 1 aliphatic heterocycles. The van der Waals surface area contributed by atoms with Gasteiger partial charge in [-0.15, -0.1) is 0 Å². The number of para-hydroxylation sites is 1. The van der Waals surface area contributed by atoms with Gasteiger partial charge in [-0.1, -0.05) is 78.9 Å². The summed E-state index contributed by atoms with van der Waals surface area (Å²) in [5, 5.41) is 41.2. The van der Waals surface area contributed by atoms with E-state index in [1.807, 2.05) is 72.8 Å². The fourth-order valence-corrected chi connectivity index (χ4v) is 5.47. The van der Waals surface area contributed by atoms with E-state index in [9.17, 15) is 30.0 Å². The standard InChI is InChI=1S/C30H30N2O8/c1-39-22-15-9-8-14-21(22)30(19-10-4-2-5-11-19,20-12-6-3-7-13-20)31-17-16-24(34)32(29(31)38)28-27(37)26(36)25(35)23(18-33)40-28/h2-17,23,25-28,33,35-37H,18H2,1H3/t23-,25-,26+,27-,28-/m1/s1. The summed E-state index contributed by atoms with van der Waals surface area (Å²) in [6.45, 7) is -0.712. The minimum absolute atomic E-state index is 0.479. The molecule has 5 atom stereocenters. The fraction of sp³-hybridized carbons (Fsp3) is 0.267. The largest absolute Gasteiger partial charge is 0.496 e. The van der Waals surface area contributed by atoms with Crippen LogP contribution in [0.1, 0.15) is 22.9 Å².